The van der Waals surface area contributed by atoms with Crippen LogP contribution < -0.4 is 0 Å². The number of rotatable bonds is 5. The molecule has 2 aliphatic heterocycles. The fourth-order valence-electron chi connectivity index (χ4n) is 4.44. The van der Waals surface area contributed by atoms with Crippen molar-refractivity contribution in [1.82, 2.24) is 0 Å². The molecule has 22 heavy (non-hydrogen) atoms. The summed E-state index contributed by atoms with van der Waals surface area (Å²) in [7, 11) is -2.73. The first-order chi connectivity index (χ1) is 9.94. The van der Waals surface area contributed by atoms with Crippen molar-refractivity contribution in [1.29, 1.82) is 0 Å². The van der Waals surface area contributed by atoms with Crippen LogP contribution in [0.15, 0.2) is 0 Å². The fourth-order valence-corrected chi connectivity index (χ4v) is 8.08. The second-order valence-corrected chi connectivity index (χ2v) is 13.2. The van der Waals surface area contributed by atoms with E-state index in [2.05, 4.69) is 46.4 Å². The predicted octanol–water partition coefficient (Wildman–Crippen LogP) is 4.79. The predicted molar refractivity (Wildman–Crippen MR) is 98.2 cm³/mol. The molecule has 2 aliphatic rings. The molecule has 0 aliphatic carbocycles. The van der Waals surface area contributed by atoms with Crippen molar-refractivity contribution in [2.45, 2.75) is 72.0 Å². The Kier molecular flexibility index (Phi) is 5.64. The van der Waals surface area contributed by atoms with Gasteiger partial charge in [0.1, 0.15) is 0 Å². The summed E-state index contributed by atoms with van der Waals surface area (Å²) in [6.45, 7) is 11.7. The third-order valence-corrected chi connectivity index (χ3v) is 8.34. The molecule has 0 N–H and O–H groups in total. The van der Waals surface area contributed by atoms with Gasteiger partial charge in [-0.3, -0.25) is 0 Å². The molecule has 2 nitrogen and oxygen atoms in total. The van der Waals surface area contributed by atoms with E-state index >= 15 is 0 Å². The van der Waals surface area contributed by atoms with Crippen molar-refractivity contribution in [2.24, 2.45) is 22.7 Å². The molecule has 2 heterocycles. The lowest BCUT2D eigenvalue weighted by Crippen LogP contribution is -2.22. The Morgan fingerprint density at radius 3 is 2.23 bits per heavy atom. The molecule has 0 saturated carbocycles. The van der Waals surface area contributed by atoms with Crippen molar-refractivity contribution in [3.8, 4) is 0 Å². The summed E-state index contributed by atoms with van der Waals surface area (Å²) in [6.07, 6.45) is 5.89. The molecule has 0 spiro atoms. The van der Waals surface area contributed by atoms with Gasteiger partial charge in [0.25, 0.3) is 0 Å². The van der Waals surface area contributed by atoms with Crippen LogP contribution in [-0.4, -0.2) is 30.9 Å². The van der Waals surface area contributed by atoms with Gasteiger partial charge in [0, 0.05) is 5.25 Å². The standard InChI is InChI=1S/C18H34O2S2/c1-17(2,3)9-15-8-16(21-12-15)11-18(4,5)10-14-6-7-22(19,20)13-14/h14-16H,6-13H2,1-5H3. The normalized spacial score (nSPS) is 32.5. The average molecular weight is 347 g/mol. The minimum Gasteiger partial charge on any atom is -0.229 e. The molecular weight excluding hydrogens is 312 g/mol. The summed E-state index contributed by atoms with van der Waals surface area (Å²) in [5, 5.41) is 0.778. The molecule has 0 amide bonds. The minimum atomic E-state index is -2.73. The van der Waals surface area contributed by atoms with Crippen molar-refractivity contribution in [2.75, 3.05) is 17.3 Å². The lowest BCUT2D eigenvalue weighted by molar-refractivity contribution is 0.245. The van der Waals surface area contributed by atoms with E-state index in [0.29, 0.717) is 22.8 Å². The van der Waals surface area contributed by atoms with Crippen LogP contribution in [0, 0.1) is 22.7 Å². The van der Waals surface area contributed by atoms with Crippen molar-refractivity contribution >= 4 is 21.6 Å². The molecule has 4 heteroatoms. The Hall–Kier alpha value is 0.300. The Labute approximate surface area is 142 Å². The average Bonchev–Trinajstić information content (AvgIpc) is 2.82. The molecule has 2 rings (SSSR count). The zero-order valence-corrected chi connectivity index (χ0v) is 16.7. The van der Waals surface area contributed by atoms with E-state index in [0.717, 1.165) is 24.0 Å². The lowest BCUT2D eigenvalue weighted by atomic mass is 9.77. The highest BCUT2D eigenvalue weighted by atomic mass is 32.2. The second-order valence-electron chi connectivity index (χ2n) is 9.66. The van der Waals surface area contributed by atoms with Gasteiger partial charge in [0.2, 0.25) is 0 Å². The van der Waals surface area contributed by atoms with E-state index in [9.17, 15) is 8.42 Å². The molecule has 0 aromatic carbocycles. The van der Waals surface area contributed by atoms with Gasteiger partial charge in [-0.1, -0.05) is 34.6 Å². The van der Waals surface area contributed by atoms with Crippen molar-refractivity contribution < 1.29 is 8.42 Å². The zero-order valence-electron chi connectivity index (χ0n) is 15.0. The van der Waals surface area contributed by atoms with E-state index < -0.39 is 9.84 Å². The smallest absolute Gasteiger partial charge is 0.150 e. The SMILES string of the molecule is CC(C)(C)CC1CSC(CC(C)(C)CC2CCS(=O)(=O)C2)C1. The highest BCUT2D eigenvalue weighted by Gasteiger charge is 2.36. The van der Waals surface area contributed by atoms with Crippen LogP contribution in [0.3, 0.4) is 0 Å². The van der Waals surface area contributed by atoms with Gasteiger partial charge >= 0.3 is 0 Å². The summed E-state index contributed by atoms with van der Waals surface area (Å²) in [6, 6.07) is 0. The maximum atomic E-state index is 11.6. The third kappa shape index (κ3) is 6.07. The van der Waals surface area contributed by atoms with Gasteiger partial charge < -0.3 is 0 Å². The Balaban J connectivity index is 1.80. The van der Waals surface area contributed by atoms with Crippen LogP contribution in [-0.2, 0) is 9.84 Å². The highest BCUT2D eigenvalue weighted by molar-refractivity contribution is 8.00. The minimum absolute atomic E-state index is 0.277. The van der Waals surface area contributed by atoms with E-state index in [-0.39, 0.29) is 5.41 Å². The van der Waals surface area contributed by atoms with Crippen LogP contribution in [0.2, 0.25) is 0 Å². The molecule has 3 unspecified atom stereocenters. The number of sulfone groups is 1. The number of hydrogen-bond acceptors (Lipinski definition) is 3. The summed E-state index contributed by atoms with van der Waals surface area (Å²) in [5.41, 5.74) is 0.715. The van der Waals surface area contributed by atoms with Crippen molar-refractivity contribution in [3.05, 3.63) is 0 Å². The lowest BCUT2D eigenvalue weighted by Gasteiger charge is -2.30. The largest absolute Gasteiger partial charge is 0.229 e. The molecular formula is C18H34O2S2. The van der Waals surface area contributed by atoms with Crippen LogP contribution in [0.25, 0.3) is 0 Å². The van der Waals surface area contributed by atoms with E-state index in [1.807, 2.05) is 0 Å². The highest BCUT2D eigenvalue weighted by Crippen LogP contribution is 2.45. The Morgan fingerprint density at radius 2 is 1.68 bits per heavy atom. The molecule has 2 fully saturated rings. The maximum absolute atomic E-state index is 11.6. The van der Waals surface area contributed by atoms with Gasteiger partial charge in [-0.05, 0) is 60.5 Å². The zero-order chi connectivity index (χ0) is 16.6. The summed E-state index contributed by atoms with van der Waals surface area (Å²) in [4.78, 5) is 0. The molecule has 130 valence electrons. The van der Waals surface area contributed by atoms with E-state index in [4.69, 9.17) is 0 Å². The van der Waals surface area contributed by atoms with Gasteiger partial charge in [-0.2, -0.15) is 11.8 Å². The molecule has 3 atom stereocenters. The quantitative estimate of drug-likeness (QED) is 0.718. The Morgan fingerprint density at radius 1 is 1.00 bits per heavy atom. The van der Waals surface area contributed by atoms with Gasteiger partial charge in [0.15, 0.2) is 9.84 Å². The fraction of sp³-hybridized carbons (Fsp3) is 1.00. The molecule has 0 radical (unpaired) electrons. The maximum Gasteiger partial charge on any atom is 0.150 e. The van der Waals surface area contributed by atoms with Gasteiger partial charge in [0.05, 0.1) is 11.5 Å². The topological polar surface area (TPSA) is 34.1 Å². The van der Waals surface area contributed by atoms with Crippen LogP contribution in [0.4, 0.5) is 0 Å². The summed E-state index contributed by atoms with van der Waals surface area (Å²) in [5.74, 6) is 3.44. The van der Waals surface area contributed by atoms with Gasteiger partial charge in [-0.25, -0.2) is 8.42 Å². The van der Waals surface area contributed by atoms with Gasteiger partial charge in [-0.15, -0.1) is 0 Å². The first-order valence-corrected chi connectivity index (χ1v) is 11.6. The first kappa shape index (κ1) is 18.6. The van der Waals surface area contributed by atoms with Crippen LogP contribution >= 0.6 is 11.8 Å². The van der Waals surface area contributed by atoms with Crippen LogP contribution in [0.1, 0.15) is 66.7 Å². The monoisotopic (exact) mass is 346 g/mol. The summed E-state index contributed by atoms with van der Waals surface area (Å²) < 4.78 is 23.3. The Bertz CT molecular complexity index is 474. The molecule has 0 aromatic rings. The third-order valence-electron chi connectivity index (χ3n) is 5.01. The molecule has 2 saturated heterocycles. The summed E-state index contributed by atoms with van der Waals surface area (Å²) >= 11 is 2.16. The number of hydrogen-bond donors (Lipinski definition) is 0. The molecule has 0 aromatic heterocycles. The molecule has 0 bridgehead atoms. The van der Waals surface area contributed by atoms with E-state index in [1.165, 1.54) is 25.0 Å². The van der Waals surface area contributed by atoms with Crippen LogP contribution in [0.5, 0.6) is 0 Å². The number of thioether (sulfide) groups is 1. The van der Waals surface area contributed by atoms with E-state index in [1.54, 1.807) is 0 Å². The van der Waals surface area contributed by atoms with Crippen molar-refractivity contribution in [3.63, 3.8) is 0 Å². The second kappa shape index (κ2) is 6.66. The first-order valence-electron chi connectivity index (χ1n) is 8.76.